The van der Waals surface area contributed by atoms with E-state index in [2.05, 4.69) is 36.4 Å². The van der Waals surface area contributed by atoms with Crippen molar-refractivity contribution in [3.63, 3.8) is 0 Å². The number of hydrogen-bond donors (Lipinski definition) is 2. The van der Waals surface area contributed by atoms with Gasteiger partial charge in [0, 0.05) is 30.1 Å². The molecule has 2 N–H and O–H groups in total. The van der Waals surface area contributed by atoms with Crippen LogP contribution in [0.1, 0.15) is 42.3 Å². The molecule has 0 fully saturated rings. The van der Waals surface area contributed by atoms with Gasteiger partial charge in [-0.1, -0.05) is 45.0 Å². The van der Waals surface area contributed by atoms with Crippen molar-refractivity contribution in [2.24, 2.45) is 7.05 Å². The second-order valence-corrected chi connectivity index (χ2v) is 9.28. The van der Waals surface area contributed by atoms with E-state index in [0.717, 1.165) is 16.7 Å². The average molecular weight is 457 g/mol. The highest BCUT2D eigenvalue weighted by molar-refractivity contribution is 6.05. The zero-order valence-corrected chi connectivity index (χ0v) is 20.0. The SMILES string of the molecule is Cc1c(NC(=O)c2ccc(C(C)(C)C)cc2)cccc1-c1cc(Nc2ncco2)c(=O)n(C)c1. The Labute approximate surface area is 198 Å². The lowest BCUT2D eigenvalue weighted by molar-refractivity contribution is 0.102. The molecule has 4 rings (SSSR count). The van der Waals surface area contributed by atoms with E-state index in [0.29, 0.717) is 16.9 Å². The lowest BCUT2D eigenvalue weighted by Crippen LogP contribution is -2.19. The molecule has 0 saturated heterocycles. The minimum absolute atomic E-state index is 0.0242. The number of amides is 1. The molecule has 0 bridgehead atoms. The number of nitrogens with zero attached hydrogens (tertiary/aromatic N) is 2. The molecule has 4 aromatic rings. The maximum absolute atomic E-state index is 12.9. The Morgan fingerprint density at radius 1 is 1.06 bits per heavy atom. The van der Waals surface area contributed by atoms with E-state index in [1.807, 2.05) is 49.4 Å². The number of rotatable bonds is 5. The molecule has 34 heavy (non-hydrogen) atoms. The molecule has 0 radical (unpaired) electrons. The van der Waals surface area contributed by atoms with E-state index in [1.54, 1.807) is 19.3 Å². The summed E-state index contributed by atoms with van der Waals surface area (Å²) >= 11 is 0. The fourth-order valence-corrected chi connectivity index (χ4v) is 3.75. The van der Waals surface area contributed by atoms with Crippen molar-refractivity contribution in [1.29, 1.82) is 0 Å². The summed E-state index contributed by atoms with van der Waals surface area (Å²) in [6.07, 6.45) is 4.70. The van der Waals surface area contributed by atoms with Crippen molar-refractivity contribution in [2.75, 3.05) is 10.6 Å². The zero-order chi connectivity index (χ0) is 24.5. The van der Waals surface area contributed by atoms with Gasteiger partial charge in [-0.2, -0.15) is 0 Å². The van der Waals surface area contributed by atoms with Crippen LogP contribution in [0.5, 0.6) is 0 Å². The third-order valence-electron chi connectivity index (χ3n) is 5.76. The second-order valence-electron chi connectivity index (χ2n) is 9.28. The van der Waals surface area contributed by atoms with Crippen LogP contribution in [0.2, 0.25) is 0 Å². The standard InChI is InChI=1S/C27H28N4O3/c1-17-21(19-15-23(25(33)31(5)16-19)30-26-28-13-14-34-26)7-6-8-22(17)29-24(32)18-9-11-20(12-10-18)27(2,3)4/h6-16H,1-5H3,(H,28,30)(H,29,32). The number of hydrogen-bond acceptors (Lipinski definition) is 5. The summed E-state index contributed by atoms with van der Waals surface area (Å²) in [5, 5.41) is 5.95. The predicted molar refractivity (Wildman–Crippen MR) is 135 cm³/mol. The molecule has 174 valence electrons. The monoisotopic (exact) mass is 456 g/mol. The quantitative estimate of drug-likeness (QED) is 0.406. The fourth-order valence-electron chi connectivity index (χ4n) is 3.75. The third-order valence-corrected chi connectivity index (χ3v) is 5.76. The van der Waals surface area contributed by atoms with Crippen molar-refractivity contribution >= 4 is 23.3 Å². The molecule has 0 spiro atoms. The summed E-state index contributed by atoms with van der Waals surface area (Å²) in [5.74, 6) is -0.174. The van der Waals surface area contributed by atoms with Crippen molar-refractivity contribution in [3.8, 4) is 11.1 Å². The maximum atomic E-state index is 12.9. The van der Waals surface area contributed by atoms with Crippen LogP contribution in [0.15, 0.2) is 76.4 Å². The Balaban J connectivity index is 1.63. The van der Waals surface area contributed by atoms with Gasteiger partial charge in [0.2, 0.25) is 0 Å². The Morgan fingerprint density at radius 2 is 1.79 bits per heavy atom. The largest absolute Gasteiger partial charge is 0.432 e. The average Bonchev–Trinajstić information content (AvgIpc) is 3.31. The molecule has 2 aromatic heterocycles. The van der Waals surface area contributed by atoms with Crippen LogP contribution in [-0.2, 0) is 12.5 Å². The first-order valence-corrected chi connectivity index (χ1v) is 11.0. The number of carbonyl (C=O) groups excluding carboxylic acids is 1. The highest BCUT2D eigenvalue weighted by Crippen LogP contribution is 2.30. The summed E-state index contributed by atoms with van der Waals surface area (Å²) < 4.78 is 6.72. The van der Waals surface area contributed by atoms with Crippen molar-refractivity contribution in [2.45, 2.75) is 33.1 Å². The maximum Gasteiger partial charge on any atom is 0.299 e. The number of aryl methyl sites for hydroxylation is 1. The number of benzene rings is 2. The van der Waals surface area contributed by atoms with E-state index >= 15 is 0 Å². The van der Waals surface area contributed by atoms with Crippen LogP contribution in [0, 0.1) is 6.92 Å². The van der Waals surface area contributed by atoms with Gasteiger partial charge in [0.15, 0.2) is 0 Å². The molecule has 1 amide bonds. The summed E-state index contributed by atoms with van der Waals surface area (Å²) in [4.78, 5) is 29.5. The molecule has 7 nitrogen and oxygen atoms in total. The Bertz CT molecular complexity index is 1380. The summed E-state index contributed by atoms with van der Waals surface area (Å²) in [5.41, 5.74) is 5.24. The highest BCUT2D eigenvalue weighted by atomic mass is 16.4. The van der Waals surface area contributed by atoms with Gasteiger partial charge >= 0.3 is 0 Å². The summed E-state index contributed by atoms with van der Waals surface area (Å²) in [6.45, 7) is 8.37. The minimum atomic E-state index is -0.206. The van der Waals surface area contributed by atoms with Crippen LogP contribution in [0.25, 0.3) is 11.1 Å². The van der Waals surface area contributed by atoms with Crippen molar-refractivity contribution < 1.29 is 9.21 Å². The van der Waals surface area contributed by atoms with Gasteiger partial charge in [-0.25, -0.2) is 4.98 Å². The van der Waals surface area contributed by atoms with Gasteiger partial charge in [0.05, 0.1) is 6.20 Å². The molecule has 7 heteroatoms. The van der Waals surface area contributed by atoms with Crippen LogP contribution >= 0.6 is 0 Å². The van der Waals surface area contributed by atoms with Crippen LogP contribution in [0.3, 0.4) is 0 Å². The molecule has 2 aromatic carbocycles. The Kier molecular flexibility index (Phi) is 6.11. The Hall–Kier alpha value is -4.13. The second kappa shape index (κ2) is 9.02. The van der Waals surface area contributed by atoms with Gasteiger partial charge in [-0.05, 0) is 53.3 Å². The number of anilines is 3. The lowest BCUT2D eigenvalue weighted by Gasteiger charge is -2.19. The first kappa shape index (κ1) is 23.0. The molecule has 2 heterocycles. The number of aromatic nitrogens is 2. The molecular formula is C27H28N4O3. The molecule has 0 aliphatic carbocycles. The predicted octanol–water partition coefficient (Wildman–Crippen LogP) is 5.64. The normalized spacial score (nSPS) is 11.3. The molecule has 0 aliphatic heterocycles. The van der Waals surface area contributed by atoms with Gasteiger partial charge in [0.1, 0.15) is 12.0 Å². The van der Waals surface area contributed by atoms with E-state index in [4.69, 9.17) is 4.42 Å². The Morgan fingerprint density at radius 3 is 2.44 bits per heavy atom. The van der Waals surface area contributed by atoms with E-state index < -0.39 is 0 Å². The van der Waals surface area contributed by atoms with Crippen molar-refractivity contribution in [1.82, 2.24) is 9.55 Å². The first-order valence-electron chi connectivity index (χ1n) is 11.0. The minimum Gasteiger partial charge on any atom is -0.432 e. The van der Waals surface area contributed by atoms with E-state index in [1.165, 1.54) is 22.6 Å². The molecule has 0 atom stereocenters. The molecule has 0 aliphatic rings. The lowest BCUT2D eigenvalue weighted by atomic mass is 9.86. The number of oxazole rings is 1. The number of carbonyl (C=O) groups is 1. The zero-order valence-electron chi connectivity index (χ0n) is 20.0. The van der Waals surface area contributed by atoms with Crippen LogP contribution in [0.4, 0.5) is 17.4 Å². The van der Waals surface area contributed by atoms with Gasteiger partial charge in [-0.15, -0.1) is 0 Å². The van der Waals surface area contributed by atoms with Gasteiger partial charge in [0.25, 0.3) is 17.5 Å². The number of nitrogens with one attached hydrogen (secondary N) is 2. The first-order chi connectivity index (χ1) is 16.1. The van der Waals surface area contributed by atoms with Crippen LogP contribution in [-0.4, -0.2) is 15.5 Å². The summed E-state index contributed by atoms with van der Waals surface area (Å²) in [7, 11) is 1.69. The number of pyridine rings is 1. The smallest absolute Gasteiger partial charge is 0.299 e. The molecule has 0 unspecified atom stereocenters. The molecule has 0 saturated carbocycles. The third kappa shape index (κ3) is 4.78. The summed E-state index contributed by atoms with van der Waals surface area (Å²) in [6, 6.07) is 15.4. The van der Waals surface area contributed by atoms with Crippen molar-refractivity contribution in [3.05, 3.63) is 94.2 Å². The van der Waals surface area contributed by atoms with E-state index in [-0.39, 0.29) is 22.9 Å². The highest BCUT2D eigenvalue weighted by Gasteiger charge is 2.16. The fraction of sp³-hybridized carbons (Fsp3) is 0.222. The van der Waals surface area contributed by atoms with Gasteiger partial charge < -0.3 is 19.6 Å². The molecular weight excluding hydrogens is 428 g/mol. The van der Waals surface area contributed by atoms with Crippen LogP contribution < -0.4 is 16.2 Å². The topological polar surface area (TPSA) is 89.2 Å². The van der Waals surface area contributed by atoms with Gasteiger partial charge in [-0.3, -0.25) is 9.59 Å². The van der Waals surface area contributed by atoms with E-state index in [9.17, 15) is 9.59 Å².